The Morgan fingerprint density at radius 1 is 0.789 bits per heavy atom. The first-order valence-electron chi connectivity index (χ1n) is 7.27. The summed E-state index contributed by atoms with van der Waals surface area (Å²) < 4.78 is 0. The lowest BCUT2D eigenvalue weighted by Crippen LogP contribution is -2.47. The summed E-state index contributed by atoms with van der Waals surface area (Å²) in [6, 6.07) is 18.9. The van der Waals surface area contributed by atoms with Crippen molar-refractivity contribution < 1.29 is 0 Å². The molecule has 0 amide bonds. The van der Waals surface area contributed by atoms with Gasteiger partial charge in [-0.3, -0.25) is 4.98 Å². The molecule has 0 bridgehead atoms. The minimum absolute atomic E-state index is 1.22. The Labute approximate surface area is 117 Å². The van der Waals surface area contributed by atoms with Crippen LogP contribution in [0.4, 0.5) is 0 Å². The quantitative estimate of drug-likeness (QED) is 0.730. The first-order chi connectivity index (χ1) is 9.25. The van der Waals surface area contributed by atoms with Crippen molar-refractivity contribution in [3.63, 3.8) is 0 Å². The monoisotopic (exact) mass is 269 g/mol. The Morgan fingerprint density at radius 2 is 1.42 bits per heavy atom. The SMILES string of the molecule is CC[Si](CC)(CC)c1ccc(-c2ccccc2)cn1. The summed E-state index contributed by atoms with van der Waals surface area (Å²) >= 11 is 0. The van der Waals surface area contributed by atoms with Gasteiger partial charge in [0.2, 0.25) is 0 Å². The maximum atomic E-state index is 4.80. The van der Waals surface area contributed by atoms with Gasteiger partial charge < -0.3 is 0 Å². The summed E-state index contributed by atoms with van der Waals surface area (Å²) in [5, 5.41) is 1.37. The maximum absolute atomic E-state index is 4.80. The minimum Gasteiger partial charge on any atom is -0.265 e. The van der Waals surface area contributed by atoms with Crippen LogP contribution in [0, 0.1) is 0 Å². The second-order valence-electron chi connectivity index (χ2n) is 5.14. The number of nitrogens with zero attached hydrogens (tertiary/aromatic N) is 1. The lowest BCUT2D eigenvalue weighted by Gasteiger charge is -2.27. The van der Waals surface area contributed by atoms with E-state index in [2.05, 4.69) is 63.2 Å². The van der Waals surface area contributed by atoms with E-state index in [0.29, 0.717) is 0 Å². The minimum atomic E-state index is -1.33. The normalized spacial score (nSPS) is 11.5. The molecule has 0 N–H and O–H groups in total. The fraction of sp³-hybridized carbons (Fsp3) is 0.353. The number of aromatic nitrogens is 1. The number of hydrogen-bond acceptors (Lipinski definition) is 1. The molecular formula is C17H23NSi. The molecule has 19 heavy (non-hydrogen) atoms. The zero-order valence-corrected chi connectivity index (χ0v) is 13.2. The van der Waals surface area contributed by atoms with Crippen LogP contribution >= 0.6 is 0 Å². The average molecular weight is 269 g/mol. The molecule has 1 nitrogen and oxygen atoms in total. The Bertz CT molecular complexity index is 492. The molecular weight excluding hydrogens is 246 g/mol. The predicted molar refractivity (Wildman–Crippen MR) is 86.5 cm³/mol. The van der Waals surface area contributed by atoms with Crippen LogP contribution < -0.4 is 5.32 Å². The van der Waals surface area contributed by atoms with Gasteiger partial charge in [0.15, 0.2) is 0 Å². The zero-order chi connectivity index (χ0) is 13.7. The molecule has 0 radical (unpaired) electrons. The maximum Gasteiger partial charge on any atom is 0.109 e. The third-order valence-corrected chi connectivity index (χ3v) is 9.89. The van der Waals surface area contributed by atoms with Gasteiger partial charge in [0.1, 0.15) is 8.07 Å². The van der Waals surface area contributed by atoms with Crippen molar-refractivity contribution in [2.45, 2.75) is 38.9 Å². The van der Waals surface area contributed by atoms with Gasteiger partial charge in [0.25, 0.3) is 0 Å². The summed E-state index contributed by atoms with van der Waals surface area (Å²) in [5.41, 5.74) is 2.47. The third-order valence-electron chi connectivity index (χ3n) is 4.44. The molecule has 0 atom stereocenters. The van der Waals surface area contributed by atoms with E-state index >= 15 is 0 Å². The van der Waals surface area contributed by atoms with Crippen LogP contribution in [0.3, 0.4) is 0 Å². The zero-order valence-electron chi connectivity index (χ0n) is 12.2. The second kappa shape index (κ2) is 6.16. The van der Waals surface area contributed by atoms with Gasteiger partial charge in [-0.2, -0.15) is 0 Å². The van der Waals surface area contributed by atoms with Crippen LogP contribution in [0.2, 0.25) is 18.1 Å². The molecule has 100 valence electrons. The molecule has 1 aromatic carbocycles. The first kappa shape index (κ1) is 14.0. The molecule has 0 fully saturated rings. The highest BCUT2D eigenvalue weighted by atomic mass is 28.3. The molecule has 0 aliphatic carbocycles. The fourth-order valence-electron chi connectivity index (χ4n) is 2.80. The van der Waals surface area contributed by atoms with E-state index in [1.807, 2.05) is 6.20 Å². The molecule has 2 heteroatoms. The van der Waals surface area contributed by atoms with Gasteiger partial charge in [-0.1, -0.05) is 75.3 Å². The van der Waals surface area contributed by atoms with Crippen LogP contribution in [-0.2, 0) is 0 Å². The van der Waals surface area contributed by atoms with Crippen LogP contribution in [0.5, 0.6) is 0 Å². The Morgan fingerprint density at radius 3 is 1.89 bits per heavy atom. The van der Waals surface area contributed by atoms with Gasteiger partial charge in [0.05, 0.1) is 0 Å². The number of pyridine rings is 1. The summed E-state index contributed by atoms with van der Waals surface area (Å²) in [4.78, 5) is 4.80. The van der Waals surface area contributed by atoms with Gasteiger partial charge >= 0.3 is 0 Å². The van der Waals surface area contributed by atoms with Gasteiger partial charge in [0, 0.05) is 11.5 Å². The van der Waals surface area contributed by atoms with E-state index in [0.717, 1.165) is 0 Å². The lowest BCUT2D eigenvalue weighted by atomic mass is 10.1. The Kier molecular flexibility index (Phi) is 4.54. The van der Waals surface area contributed by atoms with Crippen molar-refractivity contribution in [2.75, 3.05) is 0 Å². The van der Waals surface area contributed by atoms with Crippen LogP contribution in [0.1, 0.15) is 20.8 Å². The highest BCUT2D eigenvalue weighted by molar-refractivity contribution is 6.91. The smallest absolute Gasteiger partial charge is 0.109 e. The van der Waals surface area contributed by atoms with Gasteiger partial charge in [-0.05, 0) is 17.2 Å². The van der Waals surface area contributed by atoms with E-state index < -0.39 is 8.07 Å². The summed E-state index contributed by atoms with van der Waals surface area (Å²) in [5.74, 6) is 0. The first-order valence-corrected chi connectivity index (χ1v) is 9.90. The van der Waals surface area contributed by atoms with Gasteiger partial charge in [-0.25, -0.2) is 0 Å². The van der Waals surface area contributed by atoms with Crippen molar-refractivity contribution >= 4 is 13.4 Å². The molecule has 2 aromatic rings. The van der Waals surface area contributed by atoms with Gasteiger partial charge in [-0.15, -0.1) is 0 Å². The Balaban J connectivity index is 2.33. The van der Waals surface area contributed by atoms with E-state index in [1.165, 1.54) is 34.6 Å². The van der Waals surface area contributed by atoms with Crippen LogP contribution in [-0.4, -0.2) is 13.1 Å². The van der Waals surface area contributed by atoms with Crippen molar-refractivity contribution in [3.05, 3.63) is 48.7 Å². The number of hydrogen-bond donors (Lipinski definition) is 0. The fourth-order valence-corrected chi connectivity index (χ4v) is 6.16. The third kappa shape index (κ3) is 2.79. The molecule has 0 aliphatic heterocycles. The van der Waals surface area contributed by atoms with E-state index in [-0.39, 0.29) is 0 Å². The average Bonchev–Trinajstić information content (AvgIpc) is 2.51. The molecule has 2 rings (SSSR count). The van der Waals surface area contributed by atoms with Crippen LogP contribution in [0.15, 0.2) is 48.7 Å². The van der Waals surface area contributed by atoms with E-state index in [1.54, 1.807) is 0 Å². The highest BCUT2D eigenvalue weighted by Gasteiger charge is 2.30. The molecule has 0 unspecified atom stereocenters. The lowest BCUT2D eigenvalue weighted by molar-refractivity contribution is 1.17. The topological polar surface area (TPSA) is 12.9 Å². The van der Waals surface area contributed by atoms with Crippen molar-refractivity contribution in [1.29, 1.82) is 0 Å². The predicted octanol–water partition coefficient (Wildman–Crippen LogP) is 4.46. The van der Waals surface area contributed by atoms with Crippen molar-refractivity contribution in [1.82, 2.24) is 4.98 Å². The standard InChI is InChI=1S/C17H23NSi/c1-4-19(5-2,6-3)17-13-12-16(14-18-17)15-10-8-7-9-11-15/h7-14H,4-6H2,1-3H3. The summed E-state index contributed by atoms with van der Waals surface area (Å²) in [7, 11) is -1.33. The molecule has 0 saturated heterocycles. The molecule has 0 saturated carbocycles. The largest absolute Gasteiger partial charge is 0.265 e. The van der Waals surface area contributed by atoms with E-state index in [4.69, 9.17) is 4.98 Å². The second-order valence-corrected chi connectivity index (χ2v) is 10.3. The number of rotatable bonds is 5. The van der Waals surface area contributed by atoms with Crippen LogP contribution in [0.25, 0.3) is 11.1 Å². The van der Waals surface area contributed by atoms with Crippen molar-refractivity contribution in [2.24, 2.45) is 0 Å². The molecule has 1 aromatic heterocycles. The summed E-state index contributed by atoms with van der Waals surface area (Å²) in [6.45, 7) is 6.98. The highest BCUT2D eigenvalue weighted by Crippen LogP contribution is 2.21. The molecule has 1 heterocycles. The summed E-state index contributed by atoms with van der Waals surface area (Å²) in [6.07, 6.45) is 2.05. The molecule has 0 aliphatic rings. The van der Waals surface area contributed by atoms with E-state index in [9.17, 15) is 0 Å². The van der Waals surface area contributed by atoms with Crippen molar-refractivity contribution in [3.8, 4) is 11.1 Å². The number of benzene rings is 1. The Hall–Kier alpha value is -1.41. The molecule has 0 spiro atoms.